The fourth-order valence-electron chi connectivity index (χ4n) is 1.34. The summed E-state index contributed by atoms with van der Waals surface area (Å²) in [6, 6.07) is 5.29. The molecule has 2 aromatic heterocycles. The number of aromatic amines is 1. The number of ether oxygens (including phenoxy) is 1. The Morgan fingerprint density at radius 2 is 2.35 bits per heavy atom. The monoisotopic (exact) mass is 232 g/mol. The molecule has 0 aromatic carbocycles. The van der Waals surface area contributed by atoms with Gasteiger partial charge in [0.05, 0.1) is 19.3 Å². The first-order valence-corrected chi connectivity index (χ1v) is 5.06. The van der Waals surface area contributed by atoms with Crippen molar-refractivity contribution in [2.75, 3.05) is 12.4 Å². The number of hydrogen-bond donors (Lipinski definition) is 2. The van der Waals surface area contributed by atoms with Gasteiger partial charge in [0.25, 0.3) is 0 Å². The van der Waals surface area contributed by atoms with E-state index in [2.05, 4.69) is 25.2 Å². The van der Waals surface area contributed by atoms with Crippen molar-refractivity contribution in [3.63, 3.8) is 0 Å². The number of nitrogens with zero attached hydrogens (tertiary/aromatic N) is 2. The average molecular weight is 232 g/mol. The van der Waals surface area contributed by atoms with Gasteiger partial charge < -0.3 is 10.1 Å². The van der Waals surface area contributed by atoms with Crippen LogP contribution in [0.25, 0.3) is 0 Å². The van der Waals surface area contributed by atoms with Gasteiger partial charge in [0.15, 0.2) is 0 Å². The summed E-state index contributed by atoms with van der Waals surface area (Å²) >= 11 is 0. The van der Waals surface area contributed by atoms with Crippen LogP contribution in [0.2, 0.25) is 0 Å². The molecule has 2 aromatic rings. The van der Waals surface area contributed by atoms with E-state index in [9.17, 15) is 4.79 Å². The van der Waals surface area contributed by atoms with E-state index < -0.39 is 5.97 Å². The number of nitrogens with one attached hydrogen (secondary N) is 2. The zero-order valence-electron chi connectivity index (χ0n) is 9.30. The zero-order chi connectivity index (χ0) is 12.1. The SMILES string of the molecule is COC(=O)c1cc(NCc2ccn[nH]2)ccn1. The van der Waals surface area contributed by atoms with Crippen molar-refractivity contribution in [3.8, 4) is 0 Å². The van der Waals surface area contributed by atoms with Crippen LogP contribution in [0.1, 0.15) is 16.2 Å². The third kappa shape index (κ3) is 2.81. The molecule has 0 unspecified atom stereocenters. The van der Waals surface area contributed by atoms with E-state index in [-0.39, 0.29) is 5.69 Å². The van der Waals surface area contributed by atoms with Crippen LogP contribution < -0.4 is 5.32 Å². The summed E-state index contributed by atoms with van der Waals surface area (Å²) in [4.78, 5) is 15.2. The molecule has 2 N–H and O–H groups in total. The quantitative estimate of drug-likeness (QED) is 0.774. The molecule has 0 atom stereocenters. The number of methoxy groups -OCH3 is 1. The first-order valence-electron chi connectivity index (χ1n) is 5.06. The van der Waals surface area contributed by atoms with E-state index in [0.29, 0.717) is 6.54 Å². The second-order valence-corrected chi connectivity index (χ2v) is 3.36. The second-order valence-electron chi connectivity index (χ2n) is 3.36. The van der Waals surface area contributed by atoms with Crippen LogP contribution in [-0.4, -0.2) is 28.3 Å². The number of carbonyl (C=O) groups is 1. The van der Waals surface area contributed by atoms with Crippen molar-refractivity contribution in [2.45, 2.75) is 6.54 Å². The number of hydrogen-bond acceptors (Lipinski definition) is 5. The Hall–Kier alpha value is -2.37. The maximum atomic E-state index is 11.3. The van der Waals surface area contributed by atoms with Gasteiger partial charge in [0.1, 0.15) is 5.69 Å². The first kappa shape index (κ1) is 11.1. The first-order chi connectivity index (χ1) is 8.29. The molecule has 88 valence electrons. The van der Waals surface area contributed by atoms with Gasteiger partial charge in [-0.15, -0.1) is 0 Å². The topological polar surface area (TPSA) is 79.9 Å². The van der Waals surface area contributed by atoms with Crippen molar-refractivity contribution in [1.29, 1.82) is 0 Å². The van der Waals surface area contributed by atoms with E-state index in [1.807, 2.05) is 6.07 Å². The lowest BCUT2D eigenvalue weighted by Crippen LogP contribution is -2.06. The maximum Gasteiger partial charge on any atom is 0.356 e. The lowest BCUT2D eigenvalue weighted by molar-refractivity contribution is 0.0594. The van der Waals surface area contributed by atoms with Gasteiger partial charge in [-0.2, -0.15) is 5.10 Å². The van der Waals surface area contributed by atoms with Crippen LogP contribution in [0, 0.1) is 0 Å². The Bertz CT molecular complexity index is 496. The molecule has 0 saturated heterocycles. The molecular weight excluding hydrogens is 220 g/mol. The fraction of sp³-hybridized carbons (Fsp3) is 0.182. The van der Waals surface area contributed by atoms with Crippen LogP contribution in [-0.2, 0) is 11.3 Å². The third-order valence-electron chi connectivity index (χ3n) is 2.20. The molecule has 0 amide bonds. The van der Waals surface area contributed by atoms with E-state index in [1.165, 1.54) is 7.11 Å². The van der Waals surface area contributed by atoms with E-state index in [0.717, 1.165) is 11.4 Å². The number of aromatic nitrogens is 3. The molecule has 0 aliphatic heterocycles. The van der Waals surface area contributed by atoms with Crippen molar-refractivity contribution < 1.29 is 9.53 Å². The minimum absolute atomic E-state index is 0.280. The number of pyridine rings is 1. The minimum atomic E-state index is -0.449. The van der Waals surface area contributed by atoms with Gasteiger partial charge in [-0.25, -0.2) is 9.78 Å². The van der Waals surface area contributed by atoms with Gasteiger partial charge in [0.2, 0.25) is 0 Å². The van der Waals surface area contributed by atoms with Gasteiger partial charge in [-0.1, -0.05) is 0 Å². The van der Waals surface area contributed by atoms with Gasteiger partial charge in [-0.3, -0.25) is 5.10 Å². The number of anilines is 1. The molecule has 0 bridgehead atoms. The molecule has 17 heavy (non-hydrogen) atoms. The van der Waals surface area contributed by atoms with E-state index in [4.69, 9.17) is 0 Å². The summed E-state index contributed by atoms with van der Waals surface area (Å²) < 4.78 is 4.60. The average Bonchev–Trinajstić information content (AvgIpc) is 2.89. The summed E-state index contributed by atoms with van der Waals surface area (Å²) in [5.41, 5.74) is 2.04. The lowest BCUT2D eigenvalue weighted by Gasteiger charge is -2.05. The number of H-pyrrole nitrogens is 1. The molecule has 0 saturated carbocycles. The fourth-order valence-corrected chi connectivity index (χ4v) is 1.34. The van der Waals surface area contributed by atoms with Crippen LogP contribution in [0.5, 0.6) is 0 Å². The standard InChI is InChI=1S/C11H12N4O2/c1-17-11(16)10-6-8(2-4-12-10)13-7-9-3-5-14-15-9/h2-6H,7H2,1H3,(H,12,13)(H,14,15). The van der Waals surface area contributed by atoms with Crippen molar-refractivity contribution >= 4 is 11.7 Å². The Morgan fingerprint density at radius 1 is 1.47 bits per heavy atom. The van der Waals surface area contributed by atoms with Crippen LogP contribution in [0.4, 0.5) is 5.69 Å². The minimum Gasteiger partial charge on any atom is -0.464 e. The summed E-state index contributed by atoms with van der Waals surface area (Å²) in [6.45, 7) is 0.602. The predicted molar refractivity (Wildman–Crippen MR) is 61.5 cm³/mol. The number of rotatable bonds is 4. The van der Waals surface area contributed by atoms with Crippen molar-refractivity contribution in [1.82, 2.24) is 15.2 Å². The highest BCUT2D eigenvalue weighted by Crippen LogP contribution is 2.09. The van der Waals surface area contributed by atoms with Gasteiger partial charge >= 0.3 is 5.97 Å². The predicted octanol–water partition coefficient (Wildman–Crippen LogP) is 1.20. The molecule has 0 fully saturated rings. The maximum absolute atomic E-state index is 11.3. The smallest absolute Gasteiger partial charge is 0.356 e. The summed E-state index contributed by atoms with van der Waals surface area (Å²) in [5.74, 6) is -0.449. The van der Waals surface area contributed by atoms with Crippen LogP contribution >= 0.6 is 0 Å². The Kier molecular flexibility index (Phi) is 3.34. The molecule has 0 aliphatic carbocycles. The highest BCUT2D eigenvalue weighted by atomic mass is 16.5. The van der Waals surface area contributed by atoms with Crippen LogP contribution in [0.3, 0.4) is 0 Å². The van der Waals surface area contributed by atoms with Gasteiger partial charge in [-0.05, 0) is 18.2 Å². The molecule has 0 radical (unpaired) electrons. The number of carbonyl (C=O) groups excluding carboxylic acids is 1. The molecule has 6 nitrogen and oxygen atoms in total. The zero-order valence-corrected chi connectivity index (χ0v) is 9.30. The molecule has 0 spiro atoms. The highest BCUT2D eigenvalue weighted by Gasteiger charge is 2.07. The van der Waals surface area contributed by atoms with Crippen LogP contribution in [0.15, 0.2) is 30.6 Å². The van der Waals surface area contributed by atoms with E-state index >= 15 is 0 Å². The van der Waals surface area contributed by atoms with E-state index in [1.54, 1.807) is 24.5 Å². The molecule has 0 aliphatic rings. The molecule has 6 heteroatoms. The van der Waals surface area contributed by atoms with Gasteiger partial charge in [0, 0.05) is 18.1 Å². The summed E-state index contributed by atoms with van der Waals surface area (Å²) in [7, 11) is 1.33. The van der Waals surface area contributed by atoms with Crippen molar-refractivity contribution in [3.05, 3.63) is 42.0 Å². The summed E-state index contributed by atoms with van der Waals surface area (Å²) in [5, 5.41) is 9.83. The largest absolute Gasteiger partial charge is 0.464 e. The Morgan fingerprint density at radius 3 is 3.06 bits per heavy atom. The number of esters is 1. The van der Waals surface area contributed by atoms with Crippen molar-refractivity contribution in [2.24, 2.45) is 0 Å². The Balaban J connectivity index is 2.03. The third-order valence-corrected chi connectivity index (χ3v) is 2.20. The second kappa shape index (κ2) is 5.11. The Labute approximate surface area is 98.0 Å². The molecule has 2 rings (SSSR count). The highest BCUT2D eigenvalue weighted by molar-refractivity contribution is 5.88. The molecule has 2 heterocycles. The summed E-state index contributed by atoms with van der Waals surface area (Å²) in [6.07, 6.45) is 3.24. The lowest BCUT2D eigenvalue weighted by atomic mass is 10.3. The molecular formula is C11H12N4O2. The normalized spacial score (nSPS) is 9.94.